The molecule has 1 heterocycles. The molecular weight excluding hydrogens is 386 g/mol. The van der Waals surface area contributed by atoms with Gasteiger partial charge < -0.3 is 9.72 Å². The van der Waals surface area contributed by atoms with Crippen LogP contribution in [0.15, 0.2) is 42.5 Å². The van der Waals surface area contributed by atoms with Crippen molar-refractivity contribution in [3.05, 3.63) is 53.6 Å². The minimum absolute atomic E-state index is 0.426. The minimum Gasteiger partial charge on any atom is -0.492 e. The van der Waals surface area contributed by atoms with Crippen molar-refractivity contribution in [3.8, 4) is 17.0 Å². The van der Waals surface area contributed by atoms with E-state index in [0.29, 0.717) is 25.0 Å². The van der Waals surface area contributed by atoms with E-state index in [4.69, 9.17) is 26.1 Å². The van der Waals surface area contributed by atoms with Gasteiger partial charge in [-0.1, -0.05) is 43.5 Å². The Morgan fingerprint density at radius 3 is 2.69 bits per heavy atom. The SMILES string of the molecule is COOCc1ccc2c(C3CCCCC3)c(-c3ccccc3OCCCl)[nH]c2c1. The average molecular weight is 414 g/mol. The van der Waals surface area contributed by atoms with Crippen LogP contribution in [0.25, 0.3) is 22.2 Å². The lowest BCUT2D eigenvalue weighted by Gasteiger charge is -2.23. The zero-order valence-electron chi connectivity index (χ0n) is 16.9. The lowest BCUT2D eigenvalue weighted by atomic mass is 9.81. The van der Waals surface area contributed by atoms with Gasteiger partial charge in [0.25, 0.3) is 0 Å². The van der Waals surface area contributed by atoms with E-state index >= 15 is 0 Å². The molecule has 29 heavy (non-hydrogen) atoms. The number of aromatic nitrogens is 1. The molecule has 1 saturated carbocycles. The summed E-state index contributed by atoms with van der Waals surface area (Å²) in [5.74, 6) is 1.91. The van der Waals surface area contributed by atoms with Gasteiger partial charge in [-0.25, -0.2) is 9.78 Å². The third-order valence-corrected chi connectivity index (χ3v) is 5.91. The molecule has 0 unspecified atom stereocenters. The Hall–Kier alpha value is -2.01. The van der Waals surface area contributed by atoms with Crippen LogP contribution in [-0.4, -0.2) is 24.6 Å². The van der Waals surface area contributed by atoms with Gasteiger partial charge in [0, 0.05) is 16.5 Å². The molecule has 4 nitrogen and oxygen atoms in total. The monoisotopic (exact) mass is 413 g/mol. The van der Waals surface area contributed by atoms with E-state index in [2.05, 4.69) is 35.3 Å². The quantitative estimate of drug-likeness (QED) is 0.257. The van der Waals surface area contributed by atoms with Gasteiger partial charge in [0.15, 0.2) is 0 Å². The number of nitrogens with one attached hydrogen (secondary N) is 1. The second-order valence-corrected chi connectivity index (χ2v) is 7.97. The van der Waals surface area contributed by atoms with Crippen molar-refractivity contribution >= 4 is 22.5 Å². The summed E-state index contributed by atoms with van der Waals surface area (Å²) in [6.45, 7) is 0.922. The largest absolute Gasteiger partial charge is 0.492 e. The third-order valence-electron chi connectivity index (χ3n) is 5.75. The molecule has 1 aliphatic carbocycles. The van der Waals surface area contributed by atoms with Crippen molar-refractivity contribution in [2.24, 2.45) is 0 Å². The van der Waals surface area contributed by atoms with Gasteiger partial charge in [-0.05, 0) is 48.1 Å². The number of halogens is 1. The molecule has 5 heteroatoms. The Bertz CT molecular complexity index is 946. The van der Waals surface area contributed by atoms with E-state index in [1.807, 2.05) is 12.1 Å². The highest BCUT2D eigenvalue weighted by molar-refractivity contribution is 6.18. The van der Waals surface area contributed by atoms with Crippen LogP contribution in [0, 0.1) is 0 Å². The Morgan fingerprint density at radius 1 is 1.07 bits per heavy atom. The third kappa shape index (κ3) is 4.45. The summed E-state index contributed by atoms with van der Waals surface area (Å²) >= 11 is 5.87. The number of hydrogen-bond acceptors (Lipinski definition) is 3. The molecular formula is C24H28ClNO3. The van der Waals surface area contributed by atoms with E-state index in [1.54, 1.807) is 0 Å². The summed E-state index contributed by atoms with van der Waals surface area (Å²) in [6.07, 6.45) is 6.39. The molecule has 2 aromatic carbocycles. The minimum atomic E-state index is 0.426. The van der Waals surface area contributed by atoms with Crippen molar-refractivity contribution in [2.45, 2.75) is 44.6 Å². The number of alkyl halides is 1. The molecule has 4 rings (SSSR count). The van der Waals surface area contributed by atoms with Gasteiger partial charge in [-0.3, -0.25) is 0 Å². The van der Waals surface area contributed by atoms with Crippen LogP contribution in [0.5, 0.6) is 5.75 Å². The van der Waals surface area contributed by atoms with Crippen LogP contribution in [0.4, 0.5) is 0 Å². The Labute approximate surface area is 177 Å². The Kier molecular flexibility index (Phi) is 6.75. The van der Waals surface area contributed by atoms with E-state index in [9.17, 15) is 0 Å². The van der Waals surface area contributed by atoms with Gasteiger partial charge >= 0.3 is 0 Å². The standard InChI is InChI=1S/C24H28ClNO3/c1-27-29-16-17-11-12-19-21(15-17)26-24(23(19)18-7-3-2-4-8-18)20-9-5-6-10-22(20)28-14-13-25/h5-6,9-12,15,18,26H,2-4,7-8,13-14,16H2,1H3. The first-order valence-corrected chi connectivity index (χ1v) is 10.9. The topological polar surface area (TPSA) is 43.5 Å². The summed E-state index contributed by atoms with van der Waals surface area (Å²) in [5.41, 5.74) is 5.89. The molecule has 1 fully saturated rings. The number of benzene rings is 2. The fraction of sp³-hybridized carbons (Fsp3) is 0.417. The van der Waals surface area contributed by atoms with Crippen molar-refractivity contribution in [1.29, 1.82) is 0 Å². The van der Waals surface area contributed by atoms with Crippen LogP contribution in [0.3, 0.4) is 0 Å². The van der Waals surface area contributed by atoms with Crippen molar-refractivity contribution < 1.29 is 14.5 Å². The molecule has 0 spiro atoms. The molecule has 0 radical (unpaired) electrons. The number of para-hydroxylation sites is 1. The number of ether oxygens (including phenoxy) is 1. The Balaban J connectivity index is 1.83. The summed E-state index contributed by atoms with van der Waals surface area (Å²) in [5, 5.41) is 1.29. The fourth-order valence-corrected chi connectivity index (χ4v) is 4.54. The average Bonchev–Trinajstić information content (AvgIpc) is 3.15. The second-order valence-electron chi connectivity index (χ2n) is 7.59. The fourth-order valence-electron chi connectivity index (χ4n) is 4.46. The number of H-pyrrole nitrogens is 1. The van der Waals surface area contributed by atoms with Gasteiger partial charge in [0.2, 0.25) is 0 Å². The maximum Gasteiger partial charge on any atom is 0.128 e. The molecule has 0 atom stereocenters. The second kappa shape index (κ2) is 9.66. The molecule has 0 amide bonds. The molecule has 1 aliphatic rings. The molecule has 0 aliphatic heterocycles. The van der Waals surface area contributed by atoms with Crippen LogP contribution in [-0.2, 0) is 16.4 Å². The highest BCUT2D eigenvalue weighted by atomic mass is 35.5. The van der Waals surface area contributed by atoms with Crippen LogP contribution in [0.1, 0.15) is 49.1 Å². The van der Waals surface area contributed by atoms with Crippen LogP contribution < -0.4 is 4.74 Å². The number of rotatable bonds is 8. The zero-order valence-corrected chi connectivity index (χ0v) is 17.6. The lowest BCUT2D eigenvalue weighted by Crippen LogP contribution is -2.06. The molecule has 3 aromatic rings. The molecule has 0 bridgehead atoms. The van der Waals surface area contributed by atoms with Crippen LogP contribution >= 0.6 is 11.6 Å². The first-order valence-electron chi connectivity index (χ1n) is 10.4. The first-order chi connectivity index (χ1) is 14.3. The van der Waals surface area contributed by atoms with Crippen LogP contribution in [0.2, 0.25) is 0 Å². The lowest BCUT2D eigenvalue weighted by molar-refractivity contribution is -0.282. The first kappa shape index (κ1) is 20.3. The van der Waals surface area contributed by atoms with E-state index < -0.39 is 0 Å². The van der Waals surface area contributed by atoms with Gasteiger partial charge in [0.1, 0.15) is 19.0 Å². The van der Waals surface area contributed by atoms with Crippen molar-refractivity contribution in [1.82, 2.24) is 4.98 Å². The Morgan fingerprint density at radius 2 is 1.90 bits per heavy atom. The molecule has 154 valence electrons. The molecule has 1 N–H and O–H groups in total. The van der Waals surface area contributed by atoms with Gasteiger partial charge in [-0.15, -0.1) is 11.6 Å². The molecule has 1 aromatic heterocycles. The highest BCUT2D eigenvalue weighted by Gasteiger charge is 2.25. The smallest absolute Gasteiger partial charge is 0.128 e. The maximum atomic E-state index is 5.97. The van der Waals surface area contributed by atoms with Gasteiger partial charge in [0.05, 0.1) is 18.7 Å². The summed E-state index contributed by atoms with van der Waals surface area (Å²) in [4.78, 5) is 13.6. The summed E-state index contributed by atoms with van der Waals surface area (Å²) in [6, 6.07) is 14.7. The zero-order chi connectivity index (χ0) is 20.1. The number of aromatic amines is 1. The molecule has 0 saturated heterocycles. The highest BCUT2D eigenvalue weighted by Crippen LogP contribution is 2.44. The summed E-state index contributed by atoms with van der Waals surface area (Å²) in [7, 11) is 1.53. The maximum absolute atomic E-state index is 5.97. The van der Waals surface area contributed by atoms with E-state index in [0.717, 1.165) is 22.4 Å². The van der Waals surface area contributed by atoms with Crippen molar-refractivity contribution in [2.75, 3.05) is 19.6 Å². The van der Waals surface area contributed by atoms with Gasteiger partial charge in [-0.2, -0.15) is 0 Å². The summed E-state index contributed by atoms with van der Waals surface area (Å²) < 4.78 is 5.97. The van der Waals surface area contributed by atoms with E-state index in [-0.39, 0.29) is 0 Å². The predicted octanol–water partition coefficient (Wildman–Crippen LogP) is 6.58. The number of hydrogen-bond donors (Lipinski definition) is 1. The number of fused-ring (bicyclic) bond motifs is 1. The predicted molar refractivity (Wildman–Crippen MR) is 118 cm³/mol. The normalized spacial score (nSPS) is 15.1. The van der Waals surface area contributed by atoms with Crippen molar-refractivity contribution in [3.63, 3.8) is 0 Å². The van der Waals surface area contributed by atoms with E-state index in [1.165, 1.54) is 55.9 Å².